The molecule has 0 radical (unpaired) electrons. The first-order chi connectivity index (χ1) is 8.30. The Labute approximate surface area is 156 Å². The average Bonchev–Trinajstić information content (AvgIpc) is 2.56. The Morgan fingerprint density at radius 2 is 1.36 bits per heavy atom. The summed E-state index contributed by atoms with van der Waals surface area (Å²) >= 11 is 0. The Morgan fingerprint density at radius 3 is 1.73 bits per heavy atom. The van der Waals surface area contributed by atoms with Crippen LogP contribution in [0.1, 0.15) is 27.7 Å². The van der Waals surface area contributed by atoms with Crippen molar-refractivity contribution in [2.75, 3.05) is 0 Å². The molecule has 0 saturated heterocycles. The number of hydrogen-bond donors (Lipinski definition) is 0. The molecule has 0 nitrogen and oxygen atoms in total. The fourth-order valence-corrected chi connectivity index (χ4v) is 6.22. The van der Waals surface area contributed by atoms with Crippen molar-refractivity contribution in [2.45, 2.75) is 45.8 Å². The molecule has 0 bridgehead atoms. The maximum atomic E-state index is 3.77. The van der Waals surface area contributed by atoms with Crippen molar-refractivity contribution in [2.24, 2.45) is 0 Å². The minimum atomic E-state index is -1.61. The molecule has 0 saturated carbocycles. The predicted molar refractivity (Wildman–Crippen MR) is 102 cm³/mol. The molecule has 0 N–H and O–H groups in total. The van der Waals surface area contributed by atoms with E-state index in [0.717, 1.165) is 0 Å². The van der Waals surface area contributed by atoms with Crippen molar-refractivity contribution < 1.29 is 21.7 Å². The SMILES string of the molecule is CC1=[C-]C(C)([Si](C)(C)c2ccccc2)C(C)=C1C.[CH3-].[CH3-].[CH3-].[Ti+4]. The molecule has 22 heavy (non-hydrogen) atoms. The van der Waals surface area contributed by atoms with Gasteiger partial charge in [-0.3, -0.25) is 6.08 Å². The van der Waals surface area contributed by atoms with Crippen LogP contribution in [0.2, 0.25) is 18.1 Å². The first-order valence-electron chi connectivity index (χ1n) is 6.66. The van der Waals surface area contributed by atoms with E-state index in [-0.39, 0.29) is 49.0 Å². The van der Waals surface area contributed by atoms with E-state index in [1.165, 1.54) is 21.9 Å². The van der Waals surface area contributed by atoms with Crippen LogP contribution in [0, 0.1) is 28.4 Å². The van der Waals surface area contributed by atoms with Gasteiger partial charge in [-0.1, -0.05) is 74.4 Å². The second-order valence-corrected chi connectivity index (χ2v) is 10.9. The van der Waals surface area contributed by atoms with Gasteiger partial charge in [0.1, 0.15) is 0 Å². The zero-order chi connectivity index (χ0) is 13.6. The summed E-state index contributed by atoms with van der Waals surface area (Å²) in [4.78, 5) is 0. The first kappa shape index (κ1) is 26.5. The molecular formula is C20H32SiTi. The molecule has 0 fully saturated rings. The first-order valence-corrected chi connectivity index (χ1v) is 9.66. The van der Waals surface area contributed by atoms with Gasteiger partial charge in [0.05, 0.1) is 8.07 Å². The average molecular weight is 348 g/mol. The molecule has 120 valence electrons. The van der Waals surface area contributed by atoms with Gasteiger partial charge in [0.15, 0.2) is 0 Å². The van der Waals surface area contributed by atoms with Crippen LogP contribution >= 0.6 is 0 Å². The van der Waals surface area contributed by atoms with Crippen LogP contribution in [0.15, 0.2) is 47.1 Å². The maximum Gasteiger partial charge on any atom is 4.00 e. The molecule has 0 spiro atoms. The molecule has 1 aromatic rings. The zero-order valence-corrected chi connectivity index (χ0v) is 18.4. The van der Waals surface area contributed by atoms with Crippen molar-refractivity contribution in [3.8, 4) is 0 Å². The molecule has 1 unspecified atom stereocenters. The minimum absolute atomic E-state index is 0. The third kappa shape index (κ3) is 3.93. The van der Waals surface area contributed by atoms with Crippen molar-refractivity contribution in [3.63, 3.8) is 0 Å². The second kappa shape index (κ2) is 9.06. The van der Waals surface area contributed by atoms with E-state index in [1.54, 1.807) is 0 Å². The molecule has 0 heterocycles. The molecule has 2 rings (SSSR count). The normalized spacial score (nSPS) is 20.0. The van der Waals surface area contributed by atoms with Crippen LogP contribution < -0.4 is 5.19 Å². The number of rotatable bonds is 2. The number of allylic oxidation sites excluding steroid dienone is 4. The molecular weight excluding hydrogens is 316 g/mol. The standard InChI is InChI=1S/C17H23Si.3CH3.Ti/c1-13-12-17(4,15(3)14(13)2)18(5,6)16-10-8-7-9-11-16;;;;/h7-11H,1-6H3;3*1H3;/q4*-1;+4. The Kier molecular flexibility index (Phi) is 10.9. The summed E-state index contributed by atoms with van der Waals surface area (Å²) < 4.78 is 0. The Balaban J connectivity index is -0.000000902. The monoisotopic (exact) mass is 348 g/mol. The zero-order valence-electron chi connectivity index (χ0n) is 15.9. The van der Waals surface area contributed by atoms with Crippen LogP contribution in [-0.4, -0.2) is 8.07 Å². The Bertz CT molecular complexity index is 526. The van der Waals surface area contributed by atoms with E-state index in [2.05, 4.69) is 77.2 Å². The van der Waals surface area contributed by atoms with Gasteiger partial charge in [0.2, 0.25) is 0 Å². The van der Waals surface area contributed by atoms with Crippen LogP contribution in [0.4, 0.5) is 0 Å². The van der Waals surface area contributed by atoms with Gasteiger partial charge in [-0.2, -0.15) is 11.1 Å². The summed E-state index contributed by atoms with van der Waals surface area (Å²) in [6.45, 7) is 14.0. The molecule has 0 aromatic heterocycles. The Morgan fingerprint density at radius 1 is 0.909 bits per heavy atom. The number of hydrogen-bond acceptors (Lipinski definition) is 0. The molecule has 0 aliphatic heterocycles. The third-order valence-corrected chi connectivity index (χ3v) is 9.83. The van der Waals surface area contributed by atoms with Crippen LogP contribution in [-0.2, 0) is 21.7 Å². The van der Waals surface area contributed by atoms with E-state index in [0.29, 0.717) is 0 Å². The quantitative estimate of drug-likeness (QED) is 0.467. The maximum absolute atomic E-state index is 3.77. The van der Waals surface area contributed by atoms with Crippen molar-refractivity contribution in [1.82, 2.24) is 0 Å². The number of benzene rings is 1. The van der Waals surface area contributed by atoms with Gasteiger partial charge in [-0.25, -0.2) is 5.57 Å². The van der Waals surface area contributed by atoms with Gasteiger partial charge in [-0.05, 0) is 0 Å². The summed E-state index contributed by atoms with van der Waals surface area (Å²) in [5.74, 6) is 0. The van der Waals surface area contributed by atoms with Crippen molar-refractivity contribution in [1.29, 1.82) is 0 Å². The summed E-state index contributed by atoms with van der Waals surface area (Å²) in [5.41, 5.74) is 4.29. The molecule has 1 aromatic carbocycles. The fourth-order valence-electron chi connectivity index (χ4n) is 2.99. The van der Waals surface area contributed by atoms with E-state index in [4.69, 9.17) is 0 Å². The second-order valence-electron chi connectivity index (χ2n) is 6.12. The van der Waals surface area contributed by atoms with Gasteiger partial charge in [0.25, 0.3) is 0 Å². The Hall–Kier alpha value is -0.369. The molecule has 1 atom stereocenters. The van der Waals surface area contributed by atoms with Crippen LogP contribution in [0.5, 0.6) is 0 Å². The van der Waals surface area contributed by atoms with Gasteiger partial charge in [0, 0.05) is 0 Å². The summed E-state index contributed by atoms with van der Waals surface area (Å²) in [6, 6.07) is 11.0. The van der Waals surface area contributed by atoms with Crippen LogP contribution in [0.3, 0.4) is 0 Å². The van der Waals surface area contributed by atoms with Crippen molar-refractivity contribution >= 4 is 13.3 Å². The smallest absolute Gasteiger partial charge is 0.358 e. The van der Waals surface area contributed by atoms with Crippen molar-refractivity contribution in [3.05, 3.63) is 75.4 Å². The molecule has 2 heteroatoms. The van der Waals surface area contributed by atoms with Gasteiger partial charge >= 0.3 is 21.7 Å². The van der Waals surface area contributed by atoms with E-state index < -0.39 is 8.07 Å². The molecule has 1 aliphatic rings. The van der Waals surface area contributed by atoms with Crippen LogP contribution in [0.25, 0.3) is 0 Å². The third-order valence-electron chi connectivity index (χ3n) is 5.06. The molecule has 0 amide bonds. The summed E-state index contributed by atoms with van der Waals surface area (Å²) in [5, 5.41) is 1.64. The van der Waals surface area contributed by atoms with E-state index >= 15 is 0 Å². The summed E-state index contributed by atoms with van der Waals surface area (Å²) in [7, 11) is -1.61. The minimum Gasteiger partial charge on any atom is -0.358 e. The topological polar surface area (TPSA) is 0 Å². The van der Waals surface area contributed by atoms with Gasteiger partial charge in [-0.15, -0.1) is 6.92 Å². The fraction of sp³-hybridized carbons (Fsp3) is 0.350. The van der Waals surface area contributed by atoms with Gasteiger partial charge < -0.3 is 22.3 Å². The van der Waals surface area contributed by atoms with E-state index in [1.807, 2.05) is 0 Å². The summed E-state index contributed by atoms with van der Waals surface area (Å²) in [6.07, 6.45) is 3.77. The largest absolute Gasteiger partial charge is 4.00 e. The molecule has 1 aliphatic carbocycles. The van der Waals surface area contributed by atoms with E-state index in [9.17, 15) is 0 Å². The predicted octanol–water partition coefficient (Wildman–Crippen LogP) is 5.81.